The van der Waals surface area contributed by atoms with Gasteiger partial charge in [0.05, 0.1) is 32.5 Å². The second-order valence-corrected chi connectivity index (χ2v) is 5.44. The molecule has 1 unspecified atom stereocenters. The van der Waals surface area contributed by atoms with Crippen molar-refractivity contribution in [3.05, 3.63) is 16.1 Å². The average molecular weight is 466 g/mol. The number of hydrogen-bond donors (Lipinski definition) is 2. The molecule has 23 heavy (non-hydrogen) atoms. The summed E-state index contributed by atoms with van der Waals surface area (Å²) >= 11 is 0.954. The molecule has 1 aromatic rings. The van der Waals surface area contributed by atoms with E-state index in [4.69, 9.17) is 9.47 Å². The molecule has 1 aromatic heterocycles. The Labute approximate surface area is 152 Å². The van der Waals surface area contributed by atoms with Crippen molar-refractivity contribution in [1.29, 1.82) is 0 Å². The Balaban J connectivity index is 0.00000264. The molecule has 11 heteroatoms. The van der Waals surface area contributed by atoms with E-state index in [1.54, 1.807) is 7.05 Å². The highest BCUT2D eigenvalue weighted by Gasteiger charge is 2.33. The van der Waals surface area contributed by atoms with Crippen molar-refractivity contribution < 1.29 is 22.6 Å². The lowest BCUT2D eigenvalue weighted by atomic mass is 10.3. The van der Waals surface area contributed by atoms with E-state index in [1.807, 2.05) is 0 Å². The number of nitrogens with zero attached hydrogens (tertiary/aromatic N) is 2. The first kappa shape index (κ1) is 20.4. The number of ether oxygens (including phenoxy) is 2. The summed E-state index contributed by atoms with van der Waals surface area (Å²) in [6, 6.07) is 0. The fraction of sp³-hybridized carbons (Fsp3) is 0.667. The molecule has 0 aliphatic carbocycles. The van der Waals surface area contributed by atoms with Gasteiger partial charge in [0.15, 0.2) is 11.7 Å². The smallest absolute Gasteiger partial charge is 0.376 e. The van der Waals surface area contributed by atoms with Gasteiger partial charge in [0.1, 0.15) is 5.01 Å². The van der Waals surface area contributed by atoms with Crippen LogP contribution >= 0.6 is 35.3 Å². The highest BCUT2D eigenvalue weighted by atomic mass is 127. The van der Waals surface area contributed by atoms with Crippen LogP contribution in [0, 0.1) is 0 Å². The lowest BCUT2D eigenvalue weighted by molar-refractivity contribution is -0.140. The van der Waals surface area contributed by atoms with Crippen LogP contribution in [0.2, 0.25) is 0 Å². The Hall–Kier alpha value is -0.660. The van der Waals surface area contributed by atoms with Crippen molar-refractivity contribution in [1.82, 2.24) is 15.6 Å². The first-order valence-electron chi connectivity index (χ1n) is 6.64. The number of halogens is 4. The van der Waals surface area contributed by atoms with Gasteiger partial charge >= 0.3 is 6.18 Å². The summed E-state index contributed by atoms with van der Waals surface area (Å²) in [7, 11) is 1.58. The average Bonchev–Trinajstić information content (AvgIpc) is 2.97. The number of hydrogen-bond acceptors (Lipinski definition) is 5. The number of aromatic nitrogens is 1. The molecule has 1 aliphatic rings. The van der Waals surface area contributed by atoms with Crippen LogP contribution in [0.3, 0.4) is 0 Å². The molecule has 132 valence electrons. The molecular formula is C12H18F3IN4O2S. The zero-order chi connectivity index (χ0) is 16.0. The lowest BCUT2D eigenvalue weighted by Crippen LogP contribution is -2.44. The van der Waals surface area contributed by atoms with E-state index in [0.717, 1.165) is 16.7 Å². The maximum absolute atomic E-state index is 12.5. The Morgan fingerprint density at radius 1 is 1.43 bits per heavy atom. The SMILES string of the molecule is CN=C(NCc1nc(C(F)(F)F)cs1)NCC1COCCO1.I. The fourth-order valence-corrected chi connectivity index (χ4v) is 2.51. The maximum Gasteiger partial charge on any atom is 0.434 e. The summed E-state index contributed by atoms with van der Waals surface area (Å²) in [4.78, 5) is 7.54. The minimum absolute atomic E-state index is 0. The Kier molecular flexibility index (Phi) is 8.50. The lowest BCUT2D eigenvalue weighted by Gasteiger charge is -2.23. The third-order valence-corrected chi connectivity index (χ3v) is 3.70. The highest BCUT2D eigenvalue weighted by Crippen LogP contribution is 2.29. The van der Waals surface area contributed by atoms with Gasteiger partial charge in [-0.15, -0.1) is 35.3 Å². The van der Waals surface area contributed by atoms with Gasteiger partial charge in [-0.3, -0.25) is 4.99 Å². The molecular weight excluding hydrogens is 448 g/mol. The van der Waals surface area contributed by atoms with Gasteiger partial charge < -0.3 is 20.1 Å². The molecule has 2 heterocycles. The van der Waals surface area contributed by atoms with Gasteiger partial charge in [-0.25, -0.2) is 4.98 Å². The molecule has 1 aliphatic heterocycles. The van der Waals surface area contributed by atoms with Crippen LogP contribution in [0.1, 0.15) is 10.7 Å². The molecule has 6 nitrogen and oxygen atoms in total. The minimum Gasteiger partial charge on any atom is -0.376 e. The third kappa shape index (κ3) is 6.77. The number of aliphatic imine (C=N–C) groups is 1. The number of alkyl halides is 3. The fourth-order valence-electron chi connectivity index (χ4n) is 1.77. The molecule has 0 saturated carbocycles. The Bertz CT molecular complexity index is 507. The molecule has 0 spiro atoms. The van der Waals surface area contributed by atoms with Crippen molar-refractivity contribution in [3.8, 4) is 0 Å². The second kappa shape index (κ2) is 9.59. The van der Waals surface area contributed by atoms with Crippen LogP contribution in [0.5, 0.6) is 0 Å². The van der Waals surface area contributed by atoms with Gasteiger partial charge in [0, 0.05) is 19.0 Å². The zero-order valence-corrected chi connectivity index (χ0v) is 15.5. The first-order valence-corrected chi connectivity index (χ1v) is 7.52. The molecule has 1 fully saturated rings. The number of rotatable bonds is 4. The van der Waals surface area contributed by atoms with Crippen molar-refractivity contribution >= 4 is 41.3 Å². The summed E-state index contributed by atoms with van der Waals surface area (Å²) in [6.45, 7) is 2.33. The summed E-state index contributed by atoms with van der Waals surface area (Å²) in [6.07, 6.45) is -4.48. The van der Waals surface area contributed by atoms with Crippen molar-refractivity contribution in [2.75, 3.05) is 33.4 Å². The van der Waals surface area contributed by atoms with E-state index < -0.39 is 11.9 Å². The Morgan fingerprint density at radius 3 is 2.78 bits per heavy atom. The van der Waals surface area contributed by atoms with E-state index in [-0.39, 0.29) is 36.6 Å². The van der Waals surface area contributed by atoms with Crippen molar-refractivity contribution in [2.24, 2.45) is 4.99 Å². The van der Waals surface area contributed by atoms with Crippen LogP contribution in [-0.4, -0.2) is 50.5 Å². The third-order valence-electron chi connectivity index (χ3n) is 2.85. The van der Waals surface area contributed by atoms with Crippen LogP contribution in [-0.2, 0) is 22.2 Å². The minimum atomic E-state index is -4.41. The summed E-state index contributed by atoms with van der Waals surface area (Å²) in [5.74, 6) is 0.470. The first-order chi connectivity index (χ1) is 10.5. The predicted molar refractivity (Wildman–Crippen MR) is 91.3 cm³/mol. The summed E-state index contributed by atoms with van der Waals surface area (Å²) in [5.41, 5.74) is -0.870. The molecule has 2 N–H and O–H groups in total. The van der Waals surface area contributed by atoms with E-state index in [1.165, 1.54) is 0 Å². The topological polar surface area (TPSA) is 67.8 Å². The maximum atomic E-state index is 12.5. The van der Waals surface area contributed by atoms with Crippen molar-refractivity contribution in [2.45, 2.75) is 18.8 Å². The number of thiazole rings is 1. The van der Waals surface area contributed by atoms with Crippen LogP contribution in [0.15, 0.2) is 10.4 Å². The molecule has 0 bridgehead atoms. The predicted octanol–water partition coefficient (Wildman–Crippen LogP) is 1.86. The van der Waals surface area contributed by atoms with E-state index >= 15 is 0 Å². The second-order valence-electron chi connectivity index (χ2n) is 4.50. The van der Waals surface area contributed by atoms with E-state index in [2.05, 4.69) is 20.6 Å². The number of guanidine groups is 1. The zero-order valence-electron chi connectivity index (χ0n) is 12.4. The molecule has 0 aromatic carbocycles. The largest absolute Gasteiger partial charge is 0.434 e. The molecule has 2 rings (SSSR count). The highest BCUT2D eigenvalue weighted by molar-refractivity contribution is 14.0. The van der Waals surface area contributed by atoms with Crippen LogP contribution < -0.4 is 10.6 Å². The molecule has 0 radical (unpaired) electrons. The molecule has 1 atom stereocenters. The van der Waals surface area contributed by atoms with Crippen molar-refractivity contribution in [3.63, 3.8) is 0 Å². The van der Waals surface area contributed by atoms with Gasteiger partial charge in [-0.05, 0) is 0 Å². The van der Waals surface area contributed by atoms with Gasteiger partial charge in [0.25, 0.3) is 0 Å². The van der Waals surface area contributed by atoms with Gasteiger partial charge in [0.2, 0.25) is 0 Å². The van der Waals surface area contributed by atoms with Crippen LogP contribution in [0.25, 0.3) is 0 Å². The quantitative estimate of drug-likeness (QED) is 0.403. The summed E-state index contributed by atoms with van der Waals surface area (Å²) in [5, 5.41) is 7.29. The van der Waals surface area contributed by atoms with Gasteiger partial charge in [-0.1, -0.05) is 0 Å². The van der Waals surface area contributed by atoms with E-state index in [0.29, 0.717) is 37.3 Å². The Morgan fingerprint density at radius 2 is 2.22 bits per heavy atom. The van der Waals surface area contributed by atoms with Gasteiger partial charge in [-0.2, -0.15) is 13.2 Å². The number of nitrogens with one attached hydrogen (secondary N) is 2. The normalized spacial score (nSPS) is 19.1. The summed E-state index contributed by atoms with van der Waals surface area (Å²) < 4.78 is 48.1. The van der Waals surface area contributed by atoms with E-state index in [9.17, 15) is 13.2 Å². The monoisotopic (exact) mass is 466 g/mol. The molecule has 0 amide bonds. The standard InChI is InChI=1S/C12H17F3N4O2S.HI/c1-16-11(17-4-8-6-20-2-3-21-8)18-5-10-19-9(7-22-10)12(13,14)15;/h7-8H,2-6H2,1H3,(H2,16,17,18);1H. The molecule has 1 saturated heterocycles. The van der Waals surface area contributed by atoms with Crippen LogP contribution in [0.4, 0.5) is 13.2 Å².